The van der Waals surface area contributed by atoms with Gasteiger partial charge >= 0.3 is 0 Å². The molecule has 0 amide bonds. The first kappa shape index (κ1) is 15.1. The molecule has 0 unspecified atom stereocenters. The summed E-state index contributed by atoms with van der Waals surface area (Å²) in [6, 6.07) is 4.47. The summed E-state index contributed by atoms with van der Waals surface area (Å²) in [6.45, 7) is 4.27. The highest BCUT2D eigenvalue weighted by molar-refractivity contribution is 9.10. The van der Waals surface area contributed by atoms with Crippen LogP contribution in [0.3, 0.4) is 0 Å². The highest BCUT2D eigenvalue weighted by Crippen LogP contribution is 2.43. The predicted molar refractivity (Wildman–Crippen MR) is 86.9 cm³/mol. The molecular formula is C16H23BrN2O2. The Morgan fingerprint density at radius 2 is 2.10 bits per heavy atom. The number of phenols is 1. The molecule has 0 aromatic heterocycles. The first-order valence-electron chi connectivity index (χ1n) is 7.70. The second-order valence-electron chi connectivity index (χ2n) is 6.03. The lowest BCUT2D eigenvalue weighted by atomic mass is 9.98. The molecule has 2 fully saturated rings. The van der Waals surface area contributed by atoms with Gasteiger partial charge in [0.05, 0.1) is 11.6 Å². The Bertz CT molecular complexity index is 499. The summed E-state index contributed by atoms with van der Waals surface area (Å²) in [6.07, 6.45) is 3.93. The van der Waals surface area contributed by atoms with Crippen molar-refractivity contribution in [3.8, 4) is 11.5 Å². The molecule has 0 bridgehead atoms. The smallest absolute Gasteiger partial charge is 0.172 e. The van der Waals surface area contributed by atoms with Crippen LogP contribution in [-0.4, -0.2) is 43.3 Å². The summed E-state index contributed by atoms with van der Waals surface area (Å²) < 4.78 is 6.03. The van der Waals surface area contributed by atoms with Gasteiger partial charge in [0.2, 0.25) is 0 Å². The van der Waals surface area contributed by atoms with Crippen molar-refractivity contribution in [3.63, 3.8) is 0 Å². The zero-order valence-electron chi connectivity index (χ0n) is 12.4. The fraction of sp³-hybridized carbons (Fsp3) is 0.625. The van der Waals surface area contributed by atoms with Crippen LogP contribution in [0.25, 0.3) is 0 Å². The van der Waals surface area contributed by atoms with Crippen LogP contribution in [0.1, 0.15) is 30.9 Å². The van der Waals surface area contributed by atoms with Crippen LogP contribution >= 0.6 is 15.9 Å². The van der Waals surface area contributed by atoms with E-state index in [1.54, 1.807) is 7.11 Å². The third-order valence-electron chi connectivity index (χ3n) is 4.50. The van der Waals surface area contributed by atoms with Gasteiger partial charge in [0.1, 0.15) is 0 Å². The number of methoxy groups -OCH3 is 1. The standard InChI is InChI=1S/C16H23BrN2O2/c1-21-15-10-12(9-13(17)16(15)20)14(8-11-2-3-11)19-6-4-18-5-7-19/h9-11,14,18,20H,2-8H2,1H3/t14-/m1/s1. The van der Waals surface area contributed by atoms with E-state index >= 15 is 0 Å². The molecule has 4 nitrogen and oxygen atoms in total. The molecule has 3 rings (SSSR count). The summed E-state index contributed by atoms with van der Waals surface area (Å²) in [5.74, 6) is 1.60. The van der Waals surface area contributed by atoms with E-state index in [1.165, 1.54) is 24.8 Å². The van der Waals surface area contributed by atoms with Crippen LogP contribution in [0.15, 0.2) is 16.6 Å². The molecule has 21 heavy (non-hydrogen) atoms. The maximum atomic E-state index is 10.0. The molecule has 1 saturated heterocycles. The van der Waals surface area contributed by atoms with Gasteiger partial charge in [-0.1, -0.05) is 12.8 Å². The summed E-state index contributed by atoms with van der Waals surface area (Å²) >= 11 is 3.45. The maximum Gasteiger partial charge on any atom is 0.172 e. The normalized spacial score (nSPS) is 21.2. The molecule has 1 saturated carbocycles. The summed E-state index contributed by atoms with van der Waals surface area (Å²) in [7, 11) is 1.60. The number of piperazine rings is 1. The van der Waals surface area contributed by atoms with Crippen molar-refractivity contribution < 1.29 is 9.84 Å². The highest BCUT2D eigenvalue weighted by atomic mass is 79.9. The van der Waals surface area contributed by atoms with Gasteiger partial charge in [-0.2, -0.15) is 0 Å². The summed E-state index contributed by atoms with van der Waals surface area (Å²) in [5, 5.41) is 13.4. The minimum atomic E-state index is 0.187. The van der Waals surface area contributed by atoms with E-state index in [4.69, 9.17) is 4.74 Å². The Kier molecular flexibility index (Phi) is 4.72. The Labute approximate surface area is 134 Å². The molecule has 1 aromatic rings. The molecule has 1 aromatic carbocycles. The molecular weight excluding hydrogens is 332 g/mol. The third-order valence-corrected chi connectivity index (χ3v) is 5.11. The lowest BCUT2D eigenvalue weighted by Crippen LogP contribution is -2.45. The van der Waals surface area contributed by atoms with Crippen molar-refractivity contribution in [3.05, 3.63) is 22.2 Å². The molecule has 1 heterocycles. The van der Waals surface area contributed by atoms with Crippen LogP contribution in [0.4, 0.5) is 0 Å². The SMILES string of the molecule is COc1cc([C@@H](CC2CC2)N2CCNCC2)cc(Br)c1O. The first-order valence-corrected chi connectivity index (χ1v) is 8.49. The fourth-order valence-corrected chi connectivity index (χ4v) is 3.56. The quantitative estimate of drug-likeness (QED) is 0.853. The topological polar surface area (TPSA) is 44.7 Å². The largest absolute Gasteiger partial charge is 0.503 e. The van der Waals surface area contributed by atoms with Crippen molar-refractivity contribution >= 4 is 15.9 Å². The lowest BCUT2D eigenvalue weighted by Gasteiger charge is -2.35. The molecule has 116 valence electrons. The fourth-order valence-electron chi connectivity index (χ4n) is 3.10. The Morgan fingerprint density at radius 1 is 1.38 bits per heavy atom. The average Bonchev–Trinajstić information content (AvgIpc) is 3.32. The van der Waals surface area contributed by atoms with Gasteiger partial charge in [0.15, 0.2) is 11.5 Å². The summed E-state index contributed by atoms with van der Waals surface area (Å²) in [4.78, 5) is 2.56. The number of ether oxygens (including phenoxy) is 1. The molecule has 5 heteroatoms. The number of halogens is 1. The van der Waals surface area contributed by atoms with Gasteiger partial charge in [0, 0.05) is 32.2 Å². The Morgan fingerprint density at radius 3 is 2.71 bits per heavy atom. The second-order valence-corrected chi connectivity index (χ2v) is 6.89. The van der Waals surface area contributed by atoms with E-state index in [0.29, 0.717) is 16.3 Å². The van der Waals surface area contributed by atoms with E-state index < -0.39 is 0 Å². The van der Waals surface area contributed by atoms with Gasteiger partial charge in [0.25, 0.3) is 0 Å². The predicted octanol–water partition coefficient (Wildman–Crippen LogP) is 2.91. The van der Waals surface area contributed by atoms with E-state index in [-0.39, 0.29) is 5.75 Å². The average molecular weight is 355 g/mol. The van der Waals surface area contributed by atoms with Crippen molar-refractivity contribution in [2.24, 2.45) is 5.92 Å². The van der Waals surface area contributed by atoms with E-state index in [9.17, 15) is 5.11 Å². The van der Waals surface area contributed by atoms with Crippen LogP contribution in [0, 0.1) is 5.92 Å². The van der Waals surface area contributed by atoms with Crippen LogP contribution in [-0.2, 0) is 0 Å². The van der Waals surface area contributed by atoms with E-state index in [0.717, 1.165) is 32.1 Å². The monoisotopic (exact) mass is 354 g/mol. The van der Waals surface area contributed by atoms with E-state index in [2.05, 4.69) is 26.1 Å². The molecule has 1 aliphatic carbocycles. The number of nitrogens with zero attached hydrogens (tertiary/aromatic N) is 1. The molecule has 2 aliphatic rings. The summed E-state index contributed by atoms with van der Waals surface area (Å²) in [5.41, 5.74) is 1.24. The number of phenolic OH excluding ortho intramolecular Hbond substituents is 1. The zero-order chi connectivity index (χ0) is 14.8. The van der Waals surface area contributed by atoms with Crippen LogP contribution in [0.2, 0.25) is 0 Å². The van der Waals surface area contributed by atoms with Gasteiger partial charge in [-0.25, -0.2) is 0 Å². The van der Waals surface area contributed by atoms with Gasteiger partial charge in [-0.05, 0) is 46.0 Å². The number of hydrogen-bond acceptors (Lipinski definition) is 4. The van der Waals surface area contributed by atoms with E-state index in [1.807, 2.05) is 12.1 Å². The van der Waals surface area contributed by atoms with Gasteiger partial charge in [-0.15, -0.1) is 0 Å². The highest BCUT2D eigenvalue weighted by Gasteiger charge is 2.31. The second kappa shape index (κ2) is 6.55. The third kappa shape index (κ3) is 3.52. The number of rotatable bonds is 5. The first-order chi connectivity index (χ1) is 10.2. The molecule has 1 atom stereocenters. The number of nitrogens with one attached hydrogen (secondary N) is 1. The Balaban J connectivity index is 1.89. The molecule has 0 radical (unpaired) electrons. The van der Waals surface area contributed by atoms with Crippen molar-refractivity contribution in [1.82, 2.24) is 10.2 Å². The molecule has 0 spiro atoms. The zero-order valence-corrected chi connectivity index (χ0v) is 14.0. The lowest BCUT2D eigenvalue weighted by molar-refractivity contribution is 0.160. The minimum Gasteiger partial charge on any atom is -0.503 e. The van der Waals surface area contributed by atoms with Crippen LogP contribution < -0.4 is 10.1 Å². The van der Waals surface area contributed by atoms with Crippen LogP contribution in [0.5, 0.6) is 11.5 Å². The maximum absolute atomic E-state index is 10.0. The van der Waals surface area contributed by atoms with Gasteiger partial charge in [-0.3, -0.25) is 4.90 Å². The minimum absolute atomic E-state index is 0.187. The Hall–Kier alpha value is -0.780. The van der Waals surface area contributed by atoms with Crippen molar-refractivity contribution in [1.29, 1.82) is 0 Å². The molecule has 1 aliphatic heterocycles. The van der Waals surface area contributed by atoms with Gasteiger partial charge < -0.3 is 15.2 Å². The number of aromatic hydroxyl groups is 1. The van der Waals surface area contributed by atoms with Crippen molar-refractivity contribution in [2.45, 2.75) is 25.3 Å². The molecule has 2 N–H and O–H groups in total. The number of hydrogen-bond donors (Lipinski definition) is 2. The van der Waals surface area contributed by atoms with Crippen molar-refractivity contribution in [2.75, 3.05) is 33.3 Å². The number of benzene rings is 1.